The highest BCUT2D eigenvalue weighted by molar-refractivity contribution is 7.99. The van der Waals surface area contributed by atoms with Crippen LogP contribution in [0.4, 0.5) is 0 Å². The fourth-order valence-electron chi connectivity index (χ4n) is 4.67. The van der Waals surface area contributed by atoms with E-state index in [4.69, 9.17) is 4.98 Å². The molecule has 0 bridgehead atoms. The largest absolute Gasteiger partial charge is 0.341 e. The van der Waals surface area contributed by atoms with E-state index < -0.39 is 0 Å². The van der Waals surface area contributed by atoms with Crippen LogP contribution in [0.1, 0.15) is 44.6 Å². The number of fused-ring (bicyclic) bond motifs is 1. The maximum Gasteiger partial charge on any atom is 0.267 e. The lowest BCUT2D eigenvalue weighted by molar-refractivity contribution is -0.130. The molecular weight excluding hydrogens is 426 g/mol. The zero-order chi connectivity index (χ0) is 21.5. The van der Waals surface area contributed by atoms with Crippen LogP contribution in [0.25, 0.3) is 15.9 Å². The molecule has 31 heavy (non-hydrogen) atoms. The summed E-state index contributed by atoms with van der Waals surface area (Å²) < 4.78 is 1.69. The second-order valence-corrected chi connectivity index (χ2v) is 10.9. The van der Waals surface area contributed by atoms with E-state index in [1.807, 2.05) is 35.2 Å². The van der Waals surface area contributed by atoms with E-state index in [0.29, 0.717) is 28.7 Å². The van der Waals surface area contributed by atoms with Crippen molar-refractivity contribution >= 4 is 39.2 Å². The second-order valence-electron chi connectivity index (χ2n) is 9.05. The van der Waals surface area contributed by atoms with Crippen LogP contribution in [-0.2, 0) is 4.79 Å². The van der Waals surface area contributed by atoms with Crippen LogP contribution >= 0.6 is 23.1 Å². The van der Waals surface area contributed by atoms with Gasteiger partial charge in [0.25, 0.3) is 5.56 Å². The van der Waals surface area contributed by atoms with Crippen molar-refractivity contribution in [3.8, 4) is 5.69 Å². The summed E-state index contributed by atoms with van der Waals surface area (Å²) in [6.45, 7) is 6.05. The van der Waals surface area contributed by atoms with Crippen molar-refractivity contribution in [2.45, 2.75) is 44.2 Å². The molecule has 3 aromatic rings. The van der Waals surface area contributed by atoms with Crippen molar-refractivity contribution in [3.63, 3.8) is 0 Å². The normalized spacial score (nSPS) is 21.5. The first-order valence-electron chi connectivity index (χ1n) is 11.0. The van der Waals surface area contributed by atoms with Crippen molar-refractivity contribution in [1.29, 1.82) is 0 Å². The predicted molar refractivity (Wildman–Crippen MR) is 127 cm³/mol. The molecule has 2 unspecified atom stereocenters. The number of nitrogens with zero attached hydrogens (tertiary/aromatic N) is 3. The van der Waals surface area contributed by atoms with Crippen LogP contribution in [-0.4, -0.2) is 39.2 Å². The number of hydrogen-bond acceptors (Lipinski definition) is 5. The molecule has 2 atom stereocenters. The molecule has 1 aliphatic carbocycles. The summed E-state index contributed by atoms with van der Waals surface area (Å²) in [7, 11) is 0. The SMILES string of the molecule is CC1CC(C)CN(C(=O)CSc2nc3scc(C4CC4)c3c(=O)n2-c2ccccc2)C1. The summed E-state index contributed by atoms with van der Waals surface area (Å²) in [6.07, 6.45) is 3.47. The van der Waals surface area contributed by atoms with Crippen LogP contribution in [0.2, 0.25) is 0 Å². The number of benzene rings is 1. The summed E-state index contributed by atoms with van der Waals surface area (Å²) in [5, 5.41) is 3.45. The average molecular weight is 454 g/mol. The fourth-order valence-corrected chi connectivity index (χ4v) is 6.65. The van der Waals surface area contributed by atoms with Crippen LogP contribution in [0.3, 0.4) is 0 Å². The van der Waals surface area contributed by atoms with E-state index in [9.17, 15) is 9.59 Å². The lowest BCUT2D eigenvalue weighted by Crippen LogP contribution is -2.43. The van der Waals surface area contributed by atoms with Gasteiger partial charge in [0.15, 0.2) is 5.16 Å². The van der Waals surface area contributed by atoms with Crippen LogP contribution in [0, 0.1) is 11.8 Å². The molecule has 3 heterocycles. The number of piperidine rings is 1. The highest BCUT2D eigenvalue weighted by atomic mass is 32.2. The van der Waals surface area contributed by atoms with Gasteiger partial charge in [-0.15, -0.1) is 11.3 Å². The van der Waals surface area contributed by atoms with E-state index in [2.05, 4.69) is 19.2 Å². The third-order valence-electron chi connectivity index (χ3n) is 6.18. The Labute approximate surface area is 190 Å². The number of aromatic nitrogens is 2. The average Bonchev–Trinajstić information content (AvgIpc) is 3.51. The van der Waals surface area contributed by atoms with Crippen molar-refractivity contribution in [2.75, 3.05) is 18.8 Å². The molecule has 1 aromatic carbocycles. The number of amides is 1. The molecule has 2 aromatic heterocycles. The van der Waals surface area contributed by atoms with Gasteiger partial charge in [-0.25, -0.2) is 4.98 Å². The molecule has 0 radical (unpaired) electrons. The highest BCUT2D eigenvalue weighted by Gasteiger charge is 2.30. The van der Waals surface area contributed by atoms with Gasteiger partial charge in [-0.3, -0.25) is 14.2 Å². The van der Waals surface area contributed by atoms with Crippen LogP contribution in [0.15, 0.2) is 45.7 Å². The maximum atomic E-state index is 13.6. The molecule has 2 fully saturated rings. The molecule has 0 spiro atoms. The molecule has 0 N–H and O–H groups in total. The first kappa shape index (κ1) is 20.8. The summed E-state index contributed by atoms with van der Waals surface area (Å²) in [6, 6.07) is 9.65. The lowest BCUT2D eigenvalue weighted by Gasteiger charge is -2.35. The van der Waals surface area contributed by atoms with E-state index in [1.54, 1.807) is 15.9 Å². The molecule has 162 valence electrons. The summed E-state index contributed by atoms with van der Waals surface area (Å²) in [5.74, 6) is 1.98. The minimum atomic E-state index is -0.0190. The minimum Gasteiger partial charge on any atom is -0.341 e. The summed E-state index contributed by atoms with van der Waals surface area (Å²) in [5.41, 5.74) is 1.92. The molecule has 1 saturated heterocycles. The van der Waals surface area contributed by atoms with E-state index >= 15 is 0 Å². The van der Waals surface area contributed by atoms with Crippen LogP contribution < -0.4 is 5.56 Å². The number of rotatable bonds is 5. The topological polar surface area (TPSA) is 55.2 Å². The Morgan fingerprint density at radius 3 is 2.55 bits per heavy atom. The molecule has 5 nitrogen and oxygen atoms in total. The third kappa shape index (κ3) is 4.17. The van der Waals surface area contributed by atoms with Gasteiger partial charge in [0.2, 0.25) is 5.91 Å². The number of thioether (sulfide) groups is 1. The van der Waals surface area contributed by atoms with E-state index in [1.165, 1.54) is 18.2 Å². The van der Waals surface area contributed by atoms with Crippen LogP contribution in [0.5, 0.6) is 0 Å². The highest BCUT2D eigenvalue weighted by Crippen LogP contribution is 2.44. The van der Waals surface area contributed by atoms with Gasteiger partial charge >= 0.3 is 0 Å². The Kier molecular flexibility index (Phi) is 5.65. The van der Waals surface area contributed by atoms with Gasteiger partial charge in [-0.05, 0) is 60.1 Å². The first-order valence-corrected chi connectivity index (χ1v) is 12.9. The molecule has 2 aliphatic rings. The molecule has 1 amide bonds. The Balaban J connectivity index is 1.49. The fraction of sp³-hybridized carbons (Fsp3) is 0.458. The number of likely N-dealkylation sites (tertiary alicyclic amines) is 1. The van der Waals surface area contributed by atoms with Gasteiger partial charge in [0, 0.05) is 13.1 Å². The Morgan fingerprint density at radius 1 is 1.16 bits per heavy atom. The minimum absolute atomic E-state index is 0.0190. The van der Waals surface area contributed by atoms with Crippen molar-refractivity contribution in [1.82, 2.24) is 14.5 Å². The monoisotopic (exact) mass is 453 g/mol. The Hall–Kier alpha value is -2.12. The number of thiophene rings is 1. The number of hydrogen-bond donors (Lipinski definition) is 0. The first-order chi connectivity index (χ1) is 15.0. The molecule has 1 saturated carbocycles. The second kappa shape index (κ2) is 8.43. The number of carbonyl (C=O) groups is 1. The maximum absolute atomic E-state index is 13.6. The Bertz CT molecular complexity index is 1160. The third-order valence-corrected chi connectivity index (χ3v) is 8.00. The molecule has 1 aliphatic heterocycles. The van der Waals surface area contributed by atoms with Gasteiger partial charge in [0.05, 0.1) is 16.8 Å². The van der Waals surface area contributed by atoms with E-state index in [0.717, 1.165) is 47.4 Å². The van der Waals surface area contributed by atoms with Gasteiger partial charge < -0.3 is 4.90 Å². The number of carbonyl (C=O) groups excluding carboxylic acids is 1. The quantitative estimate of drug-likeness (QED) is 0.406. The zero-order valence-corrected chi connectivity index (χ0v) is 19.5. The van der Waals surface area contributed by atoms with Crippen molar-refractivity contribution < 1.29 is 4.79 Å². The number of para-hydroxylation sites is 1. The summed E-state index contributed by atoms with van der Waals surface area (Å²) >= 11 is 2.92. The van der Waals surface area contributed by atoms with Gasteiger partial charge in [0.1, 0.15) is 4.83 Å². The standard InChI is InChI=1S/C24H27N3O2S2/c1-15-10-16(2)12-26(11-15)20(28)14-31-24-25-22-21(19(13-30-22)17-8-9-17)23(29)27(24)18-6-4-3-5-7-18/h3-7,13,15-17H,8-12,14H2,1-2H3. The smallest absolute Gasteiger partial charge is 0.267 e. The Morgan fingerprint density at radius 2 is 1.87 bits per heavy atom. The summed E-state index contributed by atoms with van der Waals surface area (Å²) in [4.78, 5) is 34.2. The van der Waals surface area contributed by atoms with Gasteiger partial charge in [-0.2, -0.15) is 0 Å². The molecular formula is C24H27N3O2S2. The molecule has 5 rings (SSSR count). The van der Waals surface area contributed by atoms with Crippen molar-refractivity contribution in [2.24, 2.45) is 11.8 Å². The zero-order valence-electron chi connectivity index (χ0n) is 17.9. The predicted octanol–water partition coefficient (Wildman–Crippen LogP) is 4.92. The molecule has 7 heteroatoms. The van der Waals surface area contributed by atoms with Gasteiger partial charge in [-0.1, -0.05) is 43.8 Å². The lowest BCUT2D eigenvalue weighted by atomic mass is 9.92. The van der Waals surface area contributed by atoms with Crippen molar-refractivity contribution in [3.05, 3.63) is 51.6 Å². The van der Waals surface area contributed by atoms with E-state index in [-0.39, 0.29) is 11.5 Å².